The summed E-state index contributed by atoms with van der Waals surface area (Å²) in [6.45, 7) is 3.34. The molecule has 6 N–H and O–H groups in total. The summed E-state index contributed by atoms with van der Waals surface area (Å²) in [6.07, 6.45) is 3.02. The van der Waals surface area contributed by atoms with Gasteiger partial charge in [0.05, 0.1) is 30.8 Å². The van der Waals surface area contributed by atoms with Crippen LogP contribution in [0.1, 0.15) is 36.7 Å². The molecule has 2 aromatic carbocycles. The Morgan fingerprint density at radius 1 is 1.17 bits per heavy atom. The molecule has 4 aromatic rings. The predicted molar refractivity (Wildman–Crippen MR) is 156 cm³/mol. The third-order valence-electron chi connectivity index (χ3n) is 6.44. The number of alkyl halides is 1. The second kappa shape index (κ2) is 13.5. The number of carbonyl (C=O) groups excluding carboxylic acids is 1. The zero-order valence-corrected chi connectivity index (χ0v) is 24.2. The second-order valence-corrected chi connectivity index (χ2v) is 10.9. The van der Waals surface area contributed by atoms with Crippen LogP contribution >= 0.6 is 19.4 Å². The average molecular weight is 606 g/mol. The number of nitrogens with zero attached hydrogens (tertiary/aromatic N) is 3. The summed E-state index contributed by atoms with van der Waals surface area (Å²) in [6, 6.07) is 10.3. The molecule has 12 nitrogen and oxygen atoms in total. The third kappa shape index (κ3) is 7.66. The monoisotopic (exact) mass is 605 g/mol. The number of anilines is 1. The maximum Gasteiger partial charge on any atom is 0.524 e. The van der Waals surface area contributed by atoms with Crippen molar-refractivity contribution in [1.29, 1.82) is 0 Å². The first-order valence-electron chi connectivity index (χ1n) is 13.1. The fourth-order valence-corrected chi connectivity index (χ4v) is 5.09. The summed E-state index contributed by atoms with van der Waals surface area (Å²) < 4.78 is 24.1. The number of pyridine rings is 1. The first-order valence-corrected chi connectivity index (χ1v) is 15.2. The number of nitrogen functional groups attached to an aromatic ring is 1. The highest BCUT2D eigenvalue weighted by molar-refractivity contribution is 7.46. The Hall–Kier alpha value is -3.41. The topological polar surface area (TPSA) is 182 Å². The van der Waals surface area contributed by atoms with Gasteiger partial charge in [-0.1, -0.05) is 31.5 Å². The van der Waals surface area contributed by atoms with Gasteiger partial charge in [0.15, 0.2) is 17.3 Å². The molecule has 4 rings (SSSR count). The van der Waals surface area contributed by atoms with E-state index in [2.05, 4.69) is 17.2 Å². The van der Waals surface area contributed by atoms with Crippen molar-refractivity contribution in [3.63, 3.8) is 0 Å². The number of unbranched alkanes of at least 4 members (excludes halogenated alkanes) is 1. The lowest BCUT2D eigenvalue weighted by Gasteiger charge is -2.16. The van der Waals surface area contributed by atoms with E-state index in [0.717, 1.165) is 35.1 Å². The summed E-state index contributed by atoms with van der Waals surface area (Å²) in [5, 5.41) is 13.8. The first-order chi connectivity index (χ1) is 19.6. The standard InChI is InChI=1S/C27H33ClN5O7P/c1-2-3-7-22-32-24-25(33(22)16-18-5-4-6-21(34)26(18)40-41(36,37)38)19-14-17(8-9-20(19)31-27(24)29)10-12-39-13-11-30-23(35)15-28/h4-6,8-9,14,34H,2-3,7,10-13,15-16H2,1H3,(H2,29,31)(H,30,35)(H2,36,37,38). The highest BCUT2D eigenvalue weighted by atomic mass is 35.5. The highest BCUT2D eigenvalue weighted by Crippen LogP contribution is 2.44. The molecule has 0 bridgehead atoms. The fraction of sp³-hybridized carbons (Fsp3) is 0.370. The Balaban J connectivity index is 1.73. The number of phosphoric ester groups is 1. The minimum atomic E-state index is -4.94. The van der Waals surface area contributed by atoms with Crippen LogP contribution in [0.5, 0.6) is 11.5 Å². The molecule has 0 aliphatic heterocycles. The van der Waals surface area contributed by atoms with Gasteiger partial charge in [0.1, 0.15) is 17.2 Å². The molecule has 220 valence electrons. The number of fused-ring (bicyclic) bond motifs is 3. The van der Waals surface area contributed by atoms with Crippen LogP contribution in [-0.4, -0.2) is 61.0 Å². The number of aromatic nitrogens is 3. The normalized spacial score (nSPS) is 11.8. The number of para-hydroxylation sites is 1. The van der Waals surface area contributed by atoms with Gasteiger partial charge in [-0.05, 0) is 36.6 Å². The lowest BCUT2D eigenvalue weighted by atomic mass is 10.1. The van der Waals surface area contributed by atoms with Gasteiger partial charge in [-0.3, -0.25) is 14.6 Å². The minimum Gasteiger partial charge on any atom is -0.504 e. The number of carbonyl (C=O) groups is 1. The van der Waals surface area contributed by atoms with Gasteiger partial charge in [-0.15, -0.1) is 11.6 Å². The van der Waals surface area contributed by atoms with Gasteiger partial charge < -0.3 is 30.0 Å². The summed E-state index contributed by atoms with van der Waals surface area (Å²) >= 11 is 5.47. The van der Waals surface area contributed by atoms with Crippen LogP contribution in [0.25, 0.3) is 21.9 Å². The quantitative estimate of drug-likeness (QED) is 0.0808. The summed E-state index contributed by atoms with van der Waals surface area (Å²) in [7, 11) is -4.94. The van der Waals surface area contributed by atoms with Gasteiger partial charge in [0.25, 0.3) is 0 Å². The third-order valence-corrected chi connectivity index (χ3v) is 7.10. The van der Waals surface area contributed by atoms with Gasteiger partial charge in [-0.25, -0.2) is 14.5 Å². The SMILES string of the molecule is CCCCc1nc2c(N)nc3ccc(CCOCCNC(=O)CCl)cc3c2n1Cc1cccc(O)c1OP(=O)(O)O. The number of hydrogen-bond donors (Lipinski definition) is 5. The molecule has 41 heavy (non-hydrogen) atoms. The number of amides is 1. The van der Waals surface area contributed by atoms with Crippen LogP contribution in [-0.2, 0) is 33.5 Å². The minimum absolute atomic E-state index is 0.0930. The molecule has 0 atom stereocenters. The molecule has 2 aromatic heterocycles. The average Bonchev–Trinajstić information content (AvgIpc) is 3.29. The van der Waals surface area contributed by atoms with E-state index in [4.69, 9.17) is 31.6 Å². The van der Waals surface area contributed by atoms with Crippen molar-refractivity contribution in [2.45, 2.75) is 39.2 Å². The van der Waals surface area contributed by atoms with E-state index in [1.54, 1.807) is 12.1 Å². The molecular formula is C27H33ClN5O7P. The second-order valence-electron chi connectivity index (χ2n) is 9.46. The van der Waals surface area contributed by atoms with E-state index >= 15 is 0 Å². The Morgan fingerprint density at radius 3 is 2.71 bits per heavy atom. The molecular weight excluding hydrogens is 573 g/mol. The Morgan fingerprint density at radius 2 is 1.98 bits per heavy atom. The summed E-state index contributed by atoms with van der Waals surface area (Å²) in [5.74, 6) is -0.0367. The predicted octanol–water partition coefficient (Wildman–Crippen LogP) is 3.65. The van der Waals surface area contributed by atoms with E-state index in [0.29, 0.717) is 49.2 Å². The zero-order chi connectivity index (χ0) is 29.6. The van der Waals surface area contributed by atoms with E-state index in [9.17, 15) is 24.3 Å². The molecule has 1 amide bonds. The first kappa shape index (κ1) is 30.5. The number of phenolic OH excluding ortho intramolecular Hbond substituents is 1. The van der Waals surface area contributed by atoms with Crippen LogP contribution in [0.15, 0.2) is 36.4 Å². The Bertz CT molecular complexity index is 1590. The number of aryl methyl sites for hydroxylation is 1. The number of phenols is 1. The molecule has 0 fully saturated rings. The molecule has 0 aliphatic carbocycles. The van der Waals surface area contributed by atoms with Gasteiger partial charge in [0, 0.05) is 23.9 Å². The van der Waals surface area contributed by atoms with Crippen molar-refractivity contribution in [1.82, 2.24) is 19.9 Å². The van der Waals surface area contributed by atoms with E-state index < -0.39 is 7.82 Å². The van der Waals surface area contributed by atoms with E-state index in [1.165, 1.54) is 6.07 Å². The molecule has 0 saturated carbocycles. The Kier molecular flexibility index (Phi) is 10.1. The van der Waals surface area contributed by atoms with Crippen molar-refractivity contribution in [2.75, 3.05) is 31.4 Å². The number of benzene rings is 2. The lowest BCUT2D eigenvalue weighted by Crippen LogP contribution is -2.28. The van der Waals surface area contributed by atoms with Crippen LogP contribution < -0.4 is 15.6 Å². The van der Waals surface area contributed by atoms with Crippen molar-refractivity contribution in [3.05, 3.63) is 53.3 Å². The van der Waals surface area contributed by atoms with Crippen molar-refractivity contribution < 1.29 is 33.5 Å². The molecule has 0 saturated heterocycles. The zero-order valence-electron chi connectivity index (χ0n) is 22.5. The maximum atomic E-state index is 11.7. The number of nitrogens with two attached hydrogens (primary N) is 1. The van der Waals surface area contributed by atoms with Crippen LogP contribution in [0.3, 0.4) is 0 Å². The molecule has 0 unspecified atom stereocenters. The molecule has 0 spiro atoms. The Labute approximate surface area is 241 Å². The number of phosphoric acid groups is 1. The van der Waals surface area contributed by atoms with Gasteiger partial charge in [0.2, 0.25) is 5.91 Å². The van der Waals surface area contributed by atoms with Gasteiger partial charge >= 0.3 is 7.82 Å². The van der Waals surface area contributed by atoms with Crippen LogP contribution in [0.4, 0.5) is 5.82 Å². The molecule has 14 heteroatoms. The number of halogens is 1. The number of ether oxygens (including phenoxy) is 1. The smallest absolute Gasteiger partial charge is 0.504 e. The largest absolute Gasteiger partial charge is 0.524 e. The highest BCUT2D eigenvalue weighted by Gasteiger charge is 2.24. The maximum absolute atomic E-state index is 11.7. The molecule has 2 heterocycles. The van der Waals surface area contributed by atoms with Crippen LogP contribution in [0, 0.1) is 0 Å². The number of rotatable bonds is 14. The number of imidazole rings is 1. The van der Waals surface area contributed by atoms with Crippen molar-refractivity contribution >= 4 is 53.1 Å². The van der Waals surface area contributed by atoms with Crippen molar-refractivity contribution in [3.8, 4) is 11.5 Å². The lowest BCUT2D eigenvalue weighted by molar-refractivity contribution is -0.118. The van der Waals surface area contributed by atoms with Gasteiger partial charge in [-0.2, -0.15) is 0 Å². The molecule has 0 aliphatic rings. The number of hydrogen-bond acceptors (Lipinski definition) is 8. The fourth-order valence-electron chi connectivity index (χ4n) is 4.55. The van der Waals surface area contributed by atoms with E-state index in [-0.39, 0.29) is 35.6 Å². The van der Waals surface area contributed by atoms with Crippen molar-refractivity contribution in [2.24, 2.45) is 0 Å². The van der Waals surface area contributed by atoms with Crippen LogP contribution in [0.2, 0.25) is 0 Å². The number of aromatic hydroxyl groups is 1. The summed E-state index contributed by atoms with van der Waals surface area (Å²) in [5.41, 5.74) is 9.59. The summed E-state index contributed by atoms with van der Waals surface area (Å²) in [4.78, 5) is 39.5. The number of nitrogens with one attached hydrogen (secondary N) is 1. The van der Waals surface area contributed by atoms with E-state index in [1.807, 2.05) is 22.8 Å². The molecule has 0 radical (unpaired) electrons.